The normalized spacial score (nSPS) is 15.9. The molecule has 0 radical (unpaired) electrons. The number of hydrogen-bond donors (Lipinski definition) is 1. The first-order valence-electron chi connectivity index (χ1n) is 5.15. The van der Waals surface area contributed by atoms with Gasteiger partial charge in [-0.15, -0.1) is 13.2 Å². The first kappa shape index (κ1) is 15.0. The van der Waals surface area contributed by atoms with Gasteiger partial charge in [0, 0.05) is 0 Å². The number of halogens is 3. The minimum Gasteiger partial charge on any atom is -0.353 e. The number of rotatable bonds is 4. The van der Waals surface area contributed by atoms with Crippen LogP contribution >= 0.6 is 0 Å². The monoisotopic (exact) mass is 270 g/mol. The molecule has 0 spiro atoms. The molecule has 2 atom stereocenters. The van der Waals surface area contributed by atoms with Gasteiger partial charge < -0.3 is 5.11 Å². The lowest BCUT2D eigenvalue weighted by Gasteiger charge is -2.26. The summed E-state index contributed by atoms with van der Waals surface area (Å²) in [4.78, 5) is 0. The fourth-order valence-corrected chi connectivity index (χ4v) is 1.47. The van der Waals surface area contributed by atoms with E-state index >= 15 is 0 Å². The lowest BCUT2D eigenvalue weighted by Crippen LogP contribution is -2.44. The molecule has 0 aromatic heterocycles. The minimum atomic E-state index is -5.21. The van der Waals surface area contributed by atoms with Crippen LogP contribution in [0.5, 0.6) is 0 Å². The molecule has 1 N–H and O–H groups in total. The van der Waals surface area contributed by atoms with E-state index in [1.165, 1.54) is 6.07 Å². The number of alkyl halides is 3. The highest BCUT2D eigenvalue weighted by Gasteiger charge is 2.48. The van der Waals surface area contributed by atoms with Gasteiger partial charge in [-0.25, -0.2) is 4.74 Å². The van der Waals surface area contributed by atoms with E-state index in [9.17, 15) is 18.3 Å². The maximum absolute atomic E-state index is 12.1. The van der Waals surface area contributed by atoms with Crippen molar-refractivity contribution in [3.63, 3.8) is 0 Å². The highest BCUT2D eigenvalue weighted by molar-refractivity contribution is 5.19. The molecule has 4 nitrogen and oxygen atoms in total. The predicted molar refractivity (Wildman–Crippen MR) is 57.0 cm³/mol. The summed E-state index contributed by atoms with van der Waals surface area (Å²) in [5.41, 5.74) is 0.508. The van der Waals surface area contributed by atoms with Gasteiger partial charge in [0.1, 0.15) is 12.0 Å². The van der Waals surface area contributed by atoms with Crippen molar-refractivity contribution in [2.75, 3.05) is 0 Å². The summed E-state index contributed by atoms with van der Waals surface area (Å²) in [5.74, 6) is -4.90. The van der Waals surface area contributed by atoms with Crippen LogP contribution in [0.1, 0.15) is 5.56 Å². The number of nitriles is 2. The minimum absolute atomic E-state index is 0.239. The van der Waals surface area contributed by atoms with Crippen molar-refractivity contribution in [1.82, 2.24) is 0 Å². The topological polar surface area (TPSA) is 77.0 Å². The van der Waals surface area contributed by atoms with E-state index in [4.69, 9.17) is 10.5 Å². The van der Waals surface area contributed by atoms with Crippen LogP contribution in [-0.4, -0.2) is 17.3 Å². The fraction of sp³-hybridized carbons (Fsp3) is 0.333. The highest BCUT2D eigenvalue weighted by Crippen LogP contribution is 2.30. The van der Waals surface area contributed by atoms with E-state index < -0.39 is 18.1 Å². The van der Waals surface area contributed by atoms with Gasteiger partial charge in [-0.1, -0.05) is 30.3 Å². The van der Waals surface area contributed by atoms with Gasteiger partial charge >= 0.3 is 6.36 Å². The van der Waals surface area contributed by atoms with Crippen molar-refractivity contribution >= 4 is 0 Å². The summed E-state index contributed by atoms with van der Waals surface area (Å²) < 4.78 is 39.8. The summed E-state index contributed by atoms with van der Waals surface area (Å²) >= 11 is 0. The van der Waals surface area contributed by atoms with E-state index in [2.05, 4.69) is 4.74 Å². The van der Waals surface area contributed by atoms with Crippen molar-refractivity contribution in [3.05, 3.63) is 35.9 Å². The molecule has 1 aromatic rings. The molecule has 19 heavy (non-hydrogen) atoms. The molecule has 0 aliphatic carbocycles. The molecule has 0 aliphatic rings. The quantitative estimate of drug-likeness (QED) is 0.671. The van der Waals surface area contributed by atoms with Crippen LogP contribution in [-0.2, 0) is 11.2 Å². The molecule has 0 aliphatic heterocycles. The van der Waals surface area contributed by atoms with Crippen LogP contribution in [0.25, 0.3) is 0 Å². The van der Waals surface area contributed by atoms with Gasteiger partial charge in [-0.2, -0.15) is 10.5 Å². The molecule has 0 amide bonds. The van der Waals surface area contributed by atoms with Gasteiger partial charge in [-0.05, 0) is 12.0 Å². The Morgan fingerprint density at radius 3 is 2.21 bits per heavy atom. The molecule has 100 valence electrons. The van der Waals surface area contributed by atoms with Crippen LogP contribution < -0.4 is 0 Å². The zero-order valence-corrected chi connectivity index (χ0v) is 9.55. The van der Waals surface area contributed by atoms with Crippen LogP contribution in [0.4, 0.5) is 13.2 Å². The third-order valence-corrected chi connectivity index (χ3v) is 2.34. The van der Waals surface area contributed by atoms with E-state index in [0.29, 0.717) is 5.56 Å². The Kier molecular flexibility index (Phi) is 4.49. The van der Waals surface area contributed by atoms with Crippen molar-refractivity contribution in [2.24, 2.45) is 5.92 Å². The van der Waals surface area contributed by atoms with Crippen molar-refractivity contribution in [2.45, 2.75) is 18.6 Å². The first-order valence-corrected chi connectivity index (χ1v) is 5.15. The Morgan fingerprint density at radius 1 is 1.21 bits per heavy atom. The van der Waals surface area contributed by atoms with Crippen LogP contribution in [0.3, 0.4) is 0 Å². The van der Waals surface area contributed by atoms with Crippen LogP contribution in [0.2, 0.25) is 0 Å². The number of benzene rings is 1. The largest absolute Gasteiger partial charge is 0.525 e. The van der Waals surface area contributed by atoms with E-state index in [-0.39, 0.29) is 6.42 Å². The van der Waals surface area contributed by atoms with E-state index in [1.807, 2.05) is 0 Å². The van der Waals surface area contributed by atoms with Gasteiger partial charge in [0.15, 0.2) is 0 Å². The highest BCUT2D eigenvalue weighted by atomic mass is 19.4. The fourth-order valence-electron chi connectivity index (χ4n) is 1.47. The summed E-state index contributed by atoms with van der Waals surface area (Å²) in [6, 6.07) is 10.5. The molecular formula is C12H9F3N2O2. The van der Waals surface area contributed by atoms with E-state index in [0.717, 1.165) is 6.07 Å². The molecule has 0 heterocycles. The third kappa shape index (κ3) is 4.25. The average molecular weight is 270 g/mol. The summed E-state index contributed by atoms with van der Waals surface area (Å²) in [6.07, 6.45) is -5.45. The Labute approximate surface area is 107 Å². The number of aliphatic hydroxyl groups is 1. The molecule has 7 heteroatoms. The zero-order chi connectivity index (χ0) is 14.5. The van der Waals surface area contributed by atoms with Crippen LogP contribution in [0, 0.1) is 28.6 Å². The molecule has 0 bridgehead atoms. The van der Waals surface area contributed by atoms with Gasteiger partial charge in [0.2, 0.25) is 0 Å². The zero-order valence-electron chi connectivity index (χ0n) is 9.55. The maximum atomic E-state index is 12.1. The second-order valence-corrected chi connectivity index (χ2v) is 3.73. The van der Waals surface area contributed by atoms with Gasteiger partial charge in [0.25, 0.3) is 5.79 Å². The second-order valence-electron chi connectivity index (χ2n) is 3.73. The molecule has 0 saturated heterocycles. The molecule has 1 aromatic carbocycles. The second kappa shape index (κ2) is 5.70. The standard InChI is InChI=1S/C12H9F3N2O2/c13-12(14,15)19-11(18,8-17)10(7-16)6-9-4-2-1-3-5-9/h1-5,10,18H,6H2/t10-,11-/m0/s1. The Hall–Kier alpha value is -2.09. The summed E-state index contributed by atoms with van der Waals surface area (Å²) in [7, 11) is 0. The van der Waals surface area contributed by atoms with Crippen molar-refractivity contribution in [1.29, 1.82) is 10.5 Å². The van der Waals surface area contributed by atoms with Gasteiger partial charge in [0.05, 0.1) is 6.07 Å². The maximum Gasteiger partial charge on any atom is 0.525 e. The lowest BCUT2D eigenvalue weighted by molar-refractivity contribution is -0.400. The first-order chi connectivity index (χ1) is 8.80. The molecule has 0 saturated carbocycles. The Balaban J connectivity index is 2.95. The summed E-state index contributed by atoms with van der Waals surface area (Å²) in [5, 5.41) is 27.0. The molecule has 1 rings (SSSR count). The number of nitrogens with zero attached hydrogens (tertiary/aromatic N) is 2. The van der Waals surface area contributed by atoms with Crippen molar-refractivity contribution < 1.29 is 23.0 Å². The molecule has 0 fully saturated rings. The average Bonchev–Trinajstić information content (AvgIpc) is 2.35. The smallest absolute Gasteiger partial charge is 0.353 e. The number of ether oxygens (including phenoxy) is 1. The Morgan fingerprint density at radius 2 is 1.79 bits per heavy atom. The predicted octanol–water partition coefficient (Wildman–Crippen LogP) is 2.12. The van der Waals surface area contributed by atoms with Crippen molar-refractivity contribution in [3.8, 4) is 12.1 Å². The van der Waals surface area contributed by atoms with E-state index in [1.54, 1.807) is 30.3 Å². The number of hydrogen-bond acceptors (Lipinski definition) is 4. The molecular weight excluding hydrogens is 261 g/mol. The SMILES string of the molecule is N#C[C@H](Cc1ccccc1)[C@](O)(C#N)OC(F)(F)F. The van der Waals surface area contributed by atoms with Crippen LogP contribution in [0.15, 0.2) is 30.3 Å². The Bertz CT molecular complexity index is 504. The third-order valence-electron chi connectivity index (χ3n) is 2.34. The molecule has 0 unspecified atom stereocenters. The summed E-state index contributed by atoms with van der Waals surface area (Å²) in [6.45, 7) is 0. The van der Waals surface area contributed by atoms with Gasteiger partial charge in [-0.3, -0.25) is 0 Å². The lowest BCUT2D eigenvalue weighted by atomic mass is 9.93.